The van der Waals surface area contributed by atoms with Gasteiger partial charge in [-0.15, -0.1) is 0 Å². The van der Waals surface area contributed by atoms with Crippen molar-refractivity contribution in [3.05, 3.63) is 29.6 Å². The van der Waals surface area contributed by atoms with Crippen molar-refractivity contribution in [3.63, 3.8) is 0 Å². The number of hydrogen-bond acceptors (Lipinski definition) is 3. The van der Waals surface area contributed by atoms with E-state index < -0.39 is 5.60 Å². The van der Waals surface area contributed by atoms with Gasteiger partial charge in [-0.2, -0.15) is 0 Å². The van der Waals surface area contributed by atoms with Crippen molar-refractivity contribution in [1.29, 1.82) is 0 Å². The van der Waals surface area contributed by atoms with Crippen LogP contribution < -0.4 is 0 Å². The van der Waals surface area contributed by atoms with E-state index in [2.05, 4.69) is 38.7 Å². The van der Waals surface area contributed by atoms with Crippen LogP contribution in [0.25, 0.3) is 0 Å². The summed E-state index contributed by atoms with van der Waals surface area (Å²) in [7, 11) is 0. The van der Waals surface area contributed by atoms with Gasteiger partial charge in [0.05, 0.1) is 0 Å². The van der Waals surface area contributed by atoms with E-state index in [0.29, 0.717) is 11.8 Å². The molecule has 25 heavy (non-hydrogen) atoms. The number of carbonyl (C=O) groups is 1. The molecule has 0 saturated carbocycles. The lowest BCUT2D eigenvalue weighted by Crippen LogP contribution is -2.48. The fraction of sp³-hybridized carbons (Fsp3) is 0.714. The van der Waals surface area contributed by atoms with Crippen LogP contribution in [0.3, 0.4) is 0 Å². The lowest BCUT2D eigenvalue weighted by Gasteiger charge is -2.37. The Bertz CT molecular complexity index is 561. The third kappa shape index (κ3) is 6.33. The minimum absolute atomic E-state index is 0.0788. The second-order valence-corrected chi connectivity index (χ2v) is 8.61. The second kappa shape index (κ2) is 8.68. The van der Waals surface area contributed by atoms with E-state index in [1.54, 1.807) is 0 Å². The number of amides is 1. The summed E-state index contributed by atoms with van der Waals surface area (Å²) in [5.74, 6) is 0.697. The summed E-state index contributed by atoms with van der Waals surface area (Å²) < 4.78 is 5.62. The van der Waals surface area contributed by atoms with Crippen molar-refractivity contribution in [1.82, 2.24) is 9.88 Å². The van der Waals surface area contributed by atoms with Crippen LogP contribution in [0.5, 0.6) is 0 Å². The van der Waals surface area contributed by atoms with Crippen LogP contribution in [0.1, 0.15) is 79.5 Å². The van der Waals surface area contributed by atoms with Gasteiger partial charge < -0.3 is 9.64 Å². The molecule has 0 spiro atoms. The zero-order chi connectivity index (χ0) is 19.4. The Morgan fingerprint density at radius 2 is 1.76 bits per heavy atom. The van der Waals surface area contributed by atoms with Crippen molar-refractivity contribution in [3.8, 4) is 0 Å². The Morgan fingerprint density at radius 3 is 2.24 bits per heavy atom. The van der Waals surface area contributed by atoms with Gasteiger partial charge in [0.2, 0.25) is 0 Å². The van der Waals surface area contributed by atoms with Crippen molar-refractivity contribution in [2.75, 3.05) is 0 Å². The van der Waals surface area contributed by atoms with Gasteiger partial charge in [0.25, 0.3) is 0 Å². The predicted molar refractivity (Wildman–Crippen MR) is 104 cm³/mol. The summed E-state index contributed by atoms with van der Waals surface area (Å²) in [6, 6.07) is 4.31. The fourth-order valence-corrected chi connectivity index (χ4v) is 3.10. The van der Waals surface area contributed by atoms with Crippen molar-refractivity contribution < 1.29 is 9.53 Å². The van der Waals surface area contributed by atoms with Crippen LogP contribution in [-0.4, -0.2) is 33.7 Å². The normalized spacial score (nSPS) is 14.5. The average Bonchev–Trinajstić information content (AvgIpc) is 2.45. The molecule has 0 radical (unpaired) electrons. The standard InChI is InChI=1S/C21H36N2O2/c1-14(2)19-18(11-10-12-22-19)13-16(5)17(6)23(15(3)4)20(24)25-21(7,8)9/h10-12,14-17H,13H2,1-9H3/t16-,17-/m0/s1. The quantitative estimate of drug-likeness (QED) is 0.689. The molecule has 1 heterocycles. The van der Waals surface area contributed by atoms with Gasteiger partial charge in [-0.1, -0.05) is 26.8 Å². The van der Waals surface area contributed by atoms with E-state index in [1.165, 1.54) is 5.56 Å². The zero-order valence-corrected chi connectivity index (χ0v) is 17.5. The number of carbonyl (C=O) groups excluding carboxylic acids is 1. The van der Waals surface area contributed by atoms with Gasteiger partial charge in [0, 0.05) is 24.0 Å². The first kappa shape index (κ1) is 21.5. The smallest absolute Gasteiger partial charge is 0.410 e. The van der Waals surface area contributed by atoms with Crippen LogP contribution in [0.4, 0.5) is 4.79 Å². The van der Waals surface area contributed by atoms with E-state index >= 15 is 0 Å². The molecule has 0 aliphatic carbocycles. The first-order chi connectivity index (χ1) is 11.4. The first-order valence-electron chi connectivity index (χ1n) is 9.39. The van der Waals surface area contributed by atoms with Gasteiger partial charge in [0.15, 0.2) is 0 Å². The van der Waals surface area contributed by atoms with Crippen LogP contribution >= 0.6 is 0 Å². The third-order valence-corrected chi connectivity index (χ3v) is 4.44. The second-order valence-electron chi connectivity index (χ2n) is 8.61. The van der Waals surface area contributed by atoms with E-state index in [1.807, 2.05) is 51.8 Å². The maximum absolute atomic E-state index is 12.7. The number of rotatable bonds is 6. The lowest BCUT2D eigenvalue weighted by atomic mass is 9.90. The van der Waals surface area contributed by atoms with Crippen LogP contribution in [0.15, 0.2) is 18.3 Å². The zero-order valence-electron chi connectivity index (χ0n) is 17.5. The molecule has 142 valence electrons. The summed E-state index contributed by atoms with van der Waals surface area (Å²) in [5, 5.41) is 0. The van der Waals surface area contributed by atoms with Crippen LogP contribution in [0.2, 0.25) is 0 Å². The number of nitrogens with zero attached hydrogens (tertiary/aromatic N) is 2. The number of hydrogen-bond donors (Lipinski definition) is 0. The molecule has 0 aromatic carbocycles. The number of aromatic nitrogens is 1. The highest BCUT2D eigenvalue weighted by Gasteiger charge is 2.31. The molecule has 0 bridgehead atoms. The molecule has 1 aromatic rings. The predicted octanol–water partition coefficient (Wildman–Crippen LogP) is 5.42. The topological polar surface area (TPSA) is 42.4 Å². The van der Waals surface area contributed by atoms with Gasteiger partial charge >= 0.3 is 6.09 Å². The van der Waals surface area contributed by atoms with Gasteiger partial charge in [0.1, 0.15) is 5.60 Å². The third-order valence-electron chi connectivity index (χ3n) is 4.44. The van der Waals surface area contributed by atoms with Gasteiger partial charge in [-0.3, -0.25) is 4.98 Å². The summed E-state index contributed by atoms with van der Waals surface area (Å²) in [4.78, 5) is 19.1. The van der Waals surface area contributed by atoms with E-state index in [4.69, 9.17) is 4.74 Å². The molecule has 0 unspecified atom stereocenters. The van der Waals surface area contributed by atoms with Gasteiger partial charge in [-0.05, 0) is 71.4 Å². The largest absolute Gasteiger partial charge is 0.444 e. The molecule has 4 heteroatoms. The highest BCUT2D eigenvalue weighted by Crippen LogP contribution is 2.24. The number of pyridine rings is 1. The summed E-state index contributed by atoms with van der Waals surface area (Å²) in [6.45, 7) is 18.4. The monoisotopic (exact) mass is 348 g/mol. The molecular weight excluding hydrogens is 312 g/mol. The molecular formula is C21H36N2O2. The molecule has 1 amide bonds. The summed E-state index contributed by atoms with van der Waals surface area (Å²) >= 11 is 0. The van der Waals surface area contributed by atoms with E-state index in [9.17, 15) is 4.79 Å². The maximum atomic E-state index is 12.7. The highest BCUT2D eigenvalue weighted by molar-refractivity contribution is 5.69. The number of ether oxygens (including phenoxy) is 1. The molecule has 1 aromatic heterocycles. The Kier molecular flexibility index (Phi) is 7.45. The van der Waals surface area contributed by atoms with E-state index in [0.717, 1.165) is 12.1 Å². The minimum atomic E-state index is -0.485. The Balaban J connectivity index is 2.95. The molecule has 2 atom stereocenters. The molecule has 0 fully saturated rings. The molecule has 0 aliphatic heterocycles. The summed E-state index contributed by atoms with van der Waals surface area (Å²) in [6.07, 6.45) is 2.51. The van der Waals surface area contributed by atoms with Crippen LogP contribution in [-0.2, 0) is 11.2 Å². The maximum Gasteiger partial charge on any atom is 0.410 e. The molecule has 0 saturated heterocycles. The van der Waals surface area contributed by atoms with Crippen molar-refractivity contribution in [2.24, 2.45) is 5.92 Å². The summed E-state index contributed by atoms with van der Waals surface area (Å²) in [5.41, 5.74) is 1.93. The SMILES string of the molecule is CC(C)c1ncccc1C[C@H](C)[C@H](C)N(C(=O)OC(C)(C)C)C(C)C. The van der Waals surface area contributed by atoms with Crippen molar-refractivity contribution in [2.45, 2.75) is 92.3 Å². The Labute approximate surface area is 154 Å². The van der Waals surface area contributed by atoms with E-state index in [-0.39, 0.29) is 18.2 Å². The Hall–Kier alpha value is -1.58. The molecule has 4 nitrogen and oxygen atoms in total. The molecule has 0 N–H and O–H groups in total. The van der Waals surface area contributed by atoms with Crippen LogP contribution in [0, 0.1) is 5.92 Å². The Morgan fingerprint density at radius 1 is 1.16 bits per heavy atom. The van der Waals surface area contributed by atoms with Gasteiger partial charge in [-0.25, -0.2) is 4.79 Å². The lowest BCUT2D eigenvalue weighted by molar-refractivity contribution is 0.00440. The molecule has 0 aliphatic rings. The first-order valence-corrected chi connectivity index (χ1v) is 9.39. The highest BCUT2D eigenvalue weighted by atomic mass is 16.6. The fourth-order valence-electron chi connectivity index (χ4n) is 3.10. The van der Waals surface area contributed by atoms with Crippen molar-refractivity contribution >= 4 is 6.09 Å². The minimum Gasteiger partial charge on any atom is -0.444 e. The molecule has 1 rings (SSSR count). The average molecular weight is 349 g/mol.